The van der Waals surface area contributed by atoms with E-state index in [0.29, 0.717) is 0 Å². The molecule has 0 unspecified atom stereocenters. The lowest BCUT2D eigenvalue weighted by atomic mass is 10.2. The van der Waals surface area contributed by atoms with Crippen LogP contribution in [-0.2, 0) is 6.54 Å². The molecule has 1 nitrogen and oxygen atoms in total. The molecule has 0 aliphatic rings. The molecular weight excluding hydrogens is 237 g/mol. The minimum absolute atomic E-state index is 0.810. The van der Waals surface area contributed by atoms with E-state index >= 15 is 0 Å². The highest BCUT2D eigenvalue weighted by Gasteiger charge is 2.02. The number of hydrogen-bond acceptors (Lipinski definition) is 1. The Kier molecular flexibility index (Phi) is 4.06. The monoisotopic (exact) mass is 247 g/mol. The van der Waals surface area contributed by atoms with Crippen LogP contribution in [0.2, 0.25) is 5.02 Å². The maximum Gasteiger partial charge on any atom is 0.0462 e. The molecule has 1 rings (SSSR count). The van der Waals surface area contributed by atoms with Crippen LogP contribution in [0.3, 0.4) is 0 Å². The van der Waals surface area contributed by atoms with Gasteiger partial charge in [-0.05, 0) is 24.2 Å². The van der Waals surface area contributed by atoms with Crippen molar-refractivity contribution >= 4 is 27.5 Å². The van der Waals surface area contributed by atoms with Gasteiger partial charge in [-0.15, -0.1) is 0 Å². The third-order valence-electron chi connectivity index (χ3n) is 1.61. The standard InChI is InChI=1S/C9H11BrClN/c1-2-12-6-7-8(10)4-3-5-9(7)11/h3-5,12H,2,6H2,1H3. The topological polar surface area (TPSA) is 12.0 Å². The lowest BCUT2D eigenvalue weighted by molar-refractivity contribution is 0.725. The summed E-state index contributed by atoms with van der Waals surface area (Å²) in [7, 11) is 0. The first-order valence-electron chi connectivity index (χ1n) is 3.89. The number of benzene rings is 1. The Morgan fingerprint density at radius 3 is 2.83 bits per heavy atom. The Labute approximate surface area is 86.2 Å². The zero-order valence-electron chi connectivity index (χ0n) is 6.90. The molecule has 0 amide bonds. The normalized spacial score (nSPS) is 10.2. The van der Waals surface area contributed by atoms with Gasteiger partial charge in [-0.25, -0.2) is 0 Å². The summed E-state index contributed by atoms with van der Waals surface area (Å²) in [6.07, 6.45) is 0. The van der Waals surface area contributed by atoms with Crippen molar-refractivity contribution in [3.8, 4) is 0 Å². The van der Waals surface area contributed by atoms with Crippen molar-refractivity contribution in [1.29, 1.82) is 0 Å². The molecule has 1 aromatic carbocycles. The van der Waals surface area contributed by atoms with E-state index in [1.807, 2.05) is 18.2 Å². The van der Waals surface area contributed by atoms with E-state index in [2.05, 4.69) is 28.2 Å². The summed E-state index contributed by atoms with van der Waals surface area (Å²) >= 11 is 9.45. The fourth-order valence-corrected chi connectivity index (χ4v) is 1.81. The molecule has 0 saturated heterocycles. The quantitative estimate of drug-likeness (QED) is 0.866. The second kappa shape index (κ2) is 4.85. The van der Waals surface area contributed by atoms with Crippen LogP contribution >= 0.6 is 27.5 Å². The van der Waals surface area contributed by atoms with Crippen molar-refractivity contribution in [3.05, 3.63) is 33.3 Å². The molecule has 0 bridgehead atoms. The summed E-state index contributed by atoms with van der Waals surface area (Å²) in [5.74, 6) is 0. The molecular formula is C9H11BrClN. The third-order valence-corrected chi connectivity index (χ3v) is 2.71. The van der Waals surface area contributed by atoms with Crippen LogP contribution in [0.25, 0.3) is 0 Å². The van der Waals surface area contributed by atoms with Crippen molar-refractivity contribution in [2.75, 3.05) is 6.54 Å². The molecule has 0 radical (unpaired) electrons. The molecule has 0 aromatic heterocycles. The van der Waals surface area contributed by atoms with Gasteiger partial charge in [-0.3, -0.25) is 0 Å². The Bertz CT molecular complexity index is 242. The van der Waals surface area contributed by atoms with Gasteiger partial charge in [0.25, 0.3) is 0 Å². The van der Waals surface area contributed by atoms with Crippen LogP contribution < -0.4 is 5.32 Å². The highest BCUT2D eigenvalue weighted by atomic mass is 79.9. The molecule has 0 saturated carbocycles. The van der Waals surface area contributed by atoms with Gasteiger partial charge in [-0.1, -0.05) is 40.5 Å². The van der Waals surface area contributed by atoms with Gasteiger partial charge in [0.15, 0.2) is 0 Å². The van der Waals surface area contributed by atoms with Crippen molar-refractivity contribution < 1.29 is 0 Å². The van der Waals surface area contributed by atoms with E-state index in [0.717, 1.165) is 28.1 Å². The first kappa shape index (κ1) is 10.0. The highest BCUT2D eigenvalue weighted by Crippen LogP contribution is 2.24. The maximum atomic E-state index is 6.00. The number of halogens is 2. The lowest BCUT2D eigenvalue weighted by Crippen LogP contribution is -2.12. The van der Waals surface area contributed by atoms with E-state index in [-0.39, 0.29) is 0 Å². The lowest BCUT2D eigenvalue weighted by Gasteiger charge is -2.06. The van der Waals surface area contributed by atoms with Gasteiger partial charge < -0.3 is 5.32 Å². The second-order valence-electron chi connectivity index (χ2n) is 2.48. The largest absolute Gasteiger partial charge is 0.313 e. The average Bonchev–Trinajstić information content (AvgIpc) is 2.04. The number of hydrogen-bond donors (Lipinski definition) is 1. The Morgan fingerprint density at radius 2 is 2.25 bits per heavy atom. The first-order chi connectivity index (χ1) is 5.75. The molecule has 1 N–H and O–H groups in total. The summed E-state index contributed by atoms with van der Waals surface area (Å²) in [6, 6.07) is 5.83. The van der Waals surface area contributed by atoms with E-state index in [4.69, 9.17) is 11.6 Å². The van der Waals surface area contributed by atoms with Crippen LogP contribution in [0.15, 0.2) is 22.7 Å². The second-order valence-corrected chi connectivity index (χ2v) is 3.74. The Hall–Kier alpha value is -0.0500. The minimum Gasteiger partial charge on any atom is -0.313 e. The zero-order valence-corrected chi connectivity index (χ0v) is 9.24. The summed E-state index contributed by atoms with van der Waals surface area (Å²) in [4.78, 5) is 0. The van der Waals surface area contributed by atoms with Gasteiger partial charge in [-0.2, -0.15) is 0 Å². The highest BCUT2D eigenvalue weighted by molar-refractivity contribution is 9.10. The summed E-state index contributed by atoms with van der Waals surface area (Å²) in [6.45, 7) is 3.85. The fourth-order valence-electron chi connectivity index (χ4n) is 0.951. The van der Waals surface area contributed by atoms with Crippen LogP contribution in [0, 0.1) is 0 Å². The van der Waals surface area contributed by atoms with E-state index in [1.165, 1.54) is 0 Å². The summed E-state index contributed by atoms with van der Waals surface area (Å²) < 4.78 is 1.07. The Morgan fingerprint density at radius 1 is 1.50 bits per heavy atom. The maximum absolute atomic E-state index is 6.00. The molecule has 0 aliphatic carbocycles. The van der Waals surface area contributed by atoms with Gasteiger partial charge in [0.05, 0.1) is 0 Å². The van der Waals surface area contributed by atoms with E-state index in [1.54, 1.807) is 0 Å². The number of nitrogens with one attached hydrogen (secondary N) is 1. The van der Waals surface area contributed by atoms with Crippen LogP contribution in [0.4, 0.5) is 0 Å². The van der Waals surface area contributed by atoms with E-state index in [9.17, 15) is 0 Å². The molecule has 0 heterocycles. The van der Waals surface area contributed by atoms with Gasteiger partial charge in [0, 0.05) is 16.0 Å². The predicted molar refractivity (Wildman–Crippen MR) is 56.5 cm³/mol. The summed E-state index contributed by atoms with van der Waals surface area (Å²) in [5.41, 5.74) is 1.13. The van der Waals surface area contributed by atoms with Crippen molar-refractivity contribution in [3.63, 3.8) is 0 Å². The Balaban J connectivity index is 2.81. The van der Waals surface area contributed by atoms with Gasteiger partial charge >= 0.3 is 0 Å². The fraction of sp³-hybridized carbons (Fsp3) is 0.333. The van der Waals surface area contributed by atoms with Crippen molar-refractivity contribution in [2.45, 2.75) is 13.5 Å². The average molecular weight is 249 g/mol. The molecule has 1 aromatic rings. The molecule has 0 atom stereocenters. The van der Waals surface area contributed by atoms with Gasteiger partial charge in [0.1, 0.15) is 0 Å². The van der Waals surface area contributed by atoms with Crippen molar-refractivity contribution in [2.24, 2.45) is 0 Å². The zero-order chi connectivity index (χ0) is 8.97. The predicted octanol–water partition coefficient (Wildman–Crippen LogP) is 3.21. The molecule has 66 valence electrons. The van der Waals surface area contributed by atoms with Crippen LogP contribution in [0.1, 0.15) is 12.5 Å². The summed E-state index contributed by atoms with van der Waals surface area (Å²) in [5, 5.41) is 4.04. The SMILES string of the molecule is CCNCc1c(Cl)cccc1Br. The first-order valence-corrected chi connectivity index (χ1v) is 5.06. The molecule has 3 heteroatoms. The number of rotatable bonds is 3. The van der Waals surface area contributed by atoms with Crippen LogP contribution in [-0.4, -0.2) is 6.54 Å². The van der Waals surface area contributed by atoms with Crippen molar-refractivity contribution in [1.82, 2.24) is 5.32 Å². The molecule has 12 heavy (non-hydrogen) atoms. The molecule has 0 spiro atoms. The van der Waals surface area contributed by atoms with E-state index < -0.39 is 0 Å². The molecule has 0 fully saturated rings. The van der Waals surface area contributed by atoms with Crippen LogP contribution in [0.5, 0.6) is 0 Å². The van der Waals surface area contributed by atoms with Gasteiger partial charge in [0.2, 0.25) is 0 Å². The minimum atomic E-state index is 0.810. The smallest absolute Gasteiger partial charge is 0.0462 e. The third kappa shape index (κ3) is 2.47. The molecule has 0 aliphatic heterocycles.